The Hall–Kier alpha value is -1.52. The minimum Gasteiger partial charge on any atom is -0.481 e. The van der Waals surface area contributed by atoms with Gasteiger partial charge in [0.1, 0.15) is 0 Å². The molecule has 1 aromatic heterocycles. The topological polar surface area (TPSA) is 58.4 Å². The Morgan fingerprint density at radius 3 is 3.19 bits per heavy atom. The van der Waals surface area contributed by atoms with E-state index in [1.807, 2.05) is 10.8 Å². The number of carboxylic acid groups (broad SMARTS) is 1. The van der Waals surface area contributed by atoms with Crippen molar-refractivity contribution < 1.29 is 9.90 Å². The molecule has 5 nitrogen and oxygen atoms in total. The Morgan fingerprint density at radius 1 is 1.69 bits per heavy atom. The highest BCUT2D eigenvalue weighted by atomic mass is 16.4. The predicted molar refractivity (Wildman–Crippen MR) is 60.5 cm³/mol. The van der Waals surface area contributed by atoms with Crippen LogP contribution in [0.1, 0.15) is 19.8 Å². The van der Waals surface area contributed by atoms with Crippen LogP contribution in [-0.2, 0) is 11.3 Å². The molecule has 0 aromatic carbocycles. The molecule has 1 aliphatic heterocycles. The third-order valence-electron chi connectivity index (χ3n) is 3.09. The van der Waals surface area contributed by atoms with Crippen LogP contribution in [0.25, 0.3) is 0 Å². The Bertz CT molecular complexity index is 375. The average Bonchev–Trinajstić information content (AvgIpc) is 2.77. The second-order valence-electron chi connectivity index (χ2n) is 4.14. The van der Waals surface area contributed by atoms with Gasteiger partial charge >= 0.3 is 5.97 Å². The van der Waals surface area contributed by atoms with Crippen molar-refractivity contribution in [3.8, 4) is 0 Å². The molecule has 1 atom stereocenters. The third-order valence-corrected chi connectivity index (χ3v) is 3.09. The van der Waals surface area contributed by atoms with Crippen molar-refractivity contribution in [2.75, 3.05) is 18.0 Å². The van der Waals surface area contributed by atoms with Gasteiger partial charge in [-0.2, -0.15) is 0 Å². The van der Waals surface area contributed by atoms with E-state index >= 15 is 0 Å². The molecule has 0 aliphatic carbocycles. The largest absolute Gasteiger partial charge is 0.481 e. The SMILES string of the molecule is CCn1ccnc1N1CCCC(C(=O)O)C1. The fourth-order valence-electron chi connectivity index (χ4n) is 2.19. The molecule has 0 spiro atoms. The monoisotopic (exact) mass is 223 g/mol. The van der Waals surface area contributed by atoms with E-state index in [1.54, 1.807) is 6.20 Å². The van der Waals surface area contributed by atoms with Gasteiger partial charge in [-0.25, -0.2) is 4.98 Å². The second-order valence-corrected chi connectivity index (χ2v) is 4.14. The fourth-order valence-corrected chi connectivity index (χ4v) is 2.19. The Labute approximate surface area is 94.7 Å². The van der Waals surface area contributed by atoms with Crippen molar-refractivity contribution in [3.63, 3.8) is 0 Å². The number of hydrogen-bond donors (Lipinski definition) is 1. The summed E-state index contributed by atoms with van der Waals surface area (Å²) in [5.74, 6) is -0.0523. The number of rotatable bonds is 3. The first kappa shape index (κ1) is 11.0. The molecule has 0 radical (unpaired) electrons. The zero-order valence-corrected chi connectivity index (χ0v) is 9.46. The van der Waals surface area contributed by atoms with Crippen molar-refractivity contribution in [3.05, 3.63) is 12.4 Å². The third kappa shape index (κ3) is 2.03. The molecular formula is C11H17N3O2. The molecule has 16 heavy (non-hydrogen) atoms. The first-order valence-corrected chi connectivity index (χ1v) is 5.71. The minimum atomic E-state index is -0.695. The van der Waals surface area contributed by atoms with Crippen molar-refractivity contribution in [2.45, 2.75) is 26.3 Å². The lowest BCUT2D eigenvalue weighted by Gasteiger charge is -2.31. The number of piperidine rings is 1. The number of aliphatic carboxylic acids is 1. The number of carboxylic acids is 1. The van der Waals surface area contributed by atoms with Crippen LogP contribution in [0.5, 0.6) is 0 Å². The molecule has 1 fully saturated rings. The molecule has 0 amide bonds. The summed E-state index contributed by atoms with van der Waals surface area (Å²) in [5.41, 5.74) is 0. The van der Waals surface area contributed by atoms with Gasteiger partial charge < -0.3 is 14.6 Å². The van der Waals surface area contributed by atoms with E-state index in [2.05, 4.69) is 16.8 Å². The number of aromatic nitrogens is 2. The van der Waals surface area contributed by atoms with E-state index in [0.29, 0.717) is 6.54 Å². The zero-order chi connectivity index (χ0) is 11.5. The quantitative estimate of drug-likeness (QED) is 0.836. The number of imidazole rings is 1. The van der Waals surface area contributed by atoms with Gasteiger partial charge in [0.25, 0.3) is 0 Å². The van der Waals surface area contributed by atoms with Crippen LogP contribution in [0.4, 0.5) is 5.95 Å². The summed E-state index contributed by atoms with van der Waals surface area (Å²) in [7, 11) is 0. The highest BCUT2D eigenvalue weighted by molar-refractivity contribution is 5.71. The maximum atomic E-state index is 11.0. The number of anilines is 1. The standard InChI is InChI=1S/C11H17N3O2/c1-2-13-7-5-12-11(13)14-6-3-4-9(8-14)10(15)16/h5,7,9H,2-4,6,8H2,1H3,(H,15,16). The zero-order valence-electron chi connectivity index (χ0n) is 9.46. The number of nitrogens with zero attached hydrogens (tertiary/aromatic N) is 3. The van der Waals surface area contributed by atoms with E-state index in [4.69, 9.17) is 5.11 Å². The van der Waals surface area contributed by atoms with Gasteiger partial charge in [0.15, 0.2) is 0 Å². The first-order valence-electron chi connectivity index (χ1n) is 5.71. The van der Waals surface area contributed by atoms with E-state index < -0.39 is 5.97 Å². The summed E-state index contributed by atoms with van der Waals surface area (Å²) in [6.45, 7) is 4.40. The predicted octanol–water partition coefficient (Wildman–Crippen LogP) is 1.20. The van der Waals surface area contributed by atoms with Crippen LogP contribution in [0.2, 0.25) is 0 Å². The van der Waals surface area contributed by atoms with Crippen molar-refractivity contribution >= 4 is 11.9 Å². The summed E-state index contributed by atoms with van der Waals surface area (Å²) >= 11 is 0. The molecule has 2 heterocycles. The molecule has 88 valence electrons. The van der Waals surface area contributed by atoms with Crippen molar-refractivity contribution in [2.24, 2.45) is 5.92 Å². The molecule has 0 saturated carbocycles. The summed E-state index contributed by atoms with van der Waals surface area (Å²) in [5, 5.41) is 9.03. The van der Waals surface area contributed by atoms with Gasteiger partial charge in [-0.05, 0) is 19.8 Å². The smallest absolute Gasteiger partial charge is 0.308 e. The lowest BCUT2D eigenvalue weighted by Crippen LogP contribution is -2.40. The van der Waals surface area contributed by atoms with Crippen LogP contribution in [0, 0.1) is 5.92 Å². The van der Waals surface area contributed by atoms with Crippen LogP contribution >= 0.6 is 0 Å². The van der Waals surface area contributed by atoms with Crippen LogP contribution in [-0.4, -0.2) is 33.7 Å². The second kappa shape index (κ2) is 4.55. The van der Waals surface area contributed by atoms with E-state index in [9.17, 15) is 4.79 Å². The van der Waals surface area contributed by atoms with Gasteiger partial charge in [0, 0.05) is 32.0 Å². The van der Waals surface area contributed by atoms with Gasteiger partial charge in [-0.3, -0.25) is 4.79 Å². The highest BCUT2D eigenvalue weighted by Crippen LogP contribution is 2.21. The summed E-state index contributed by atoms with van der Waals surface area (Å²) in [6.07, 6.45) is 5.40. The normalized spacial score (nSPS) is 21.1. The molecule has 5 heteroatoms. The van der Waals surface area contributed by atoms with Crippen LogP contribution in [0.15, 0.2) is 12.4 Å². The maximum Gasteiger partial charge on any atom is 0.308 e. The Balaban J connectivity index is 2.12. The lowest BCUT2D eigenvalue weighted by molar-refractivity contribution is -0.141. The Morgan fingerprint density at radius 2 is 2.50 bits per heavy atom. The Kier molecular flexibility index (Phi) is 3.12. The van der Waals surface area contributed by atoms with E-state index in [0.717, 1.165) is 31.9 Å². The molecule has 1 unspecified atom stereocenters. The summed E-state index contributed by atoms with van der Waals surface area (Å²) in [6, 6.07) is 0. The number of aryl methyl sites for hydroxylation is 1. The van der Waals surface area contributed by atoms with Crippen molar-refractivity contribution in [1.82, 2.24) is 9.55 Å². The molecule has 1 N–H and O–H groups in total. The van der Waals surface area contributed by atoms with Gasteiger partial charge in [-0.15, -0.1) is 0 Å². The molecule has 1 aromatic rings. The van der Waals surface area contributed by atoms with E-state index in [1.165, 1.54) is 0 Å². The van der Waals surface area contributed by atoms with Crippen molar-refractivity contribution in [1.29, 1.82) is 0 Å². The van der Waals surface area contributed by atoms with E-state index in [-0.39, 0.29) is 5.92 Å². The molecule has 1 aliphatic rings. The van der Waals surface area contributed by atoms with Gasteiger partial charge in [0.2, 0.25) is 5.95 Å². The summed E-state index contributed by atoms with van der Waals surface area (Å²) in [4.78, 5) is 17.3. The van der Waals surface area contributed by atoms with Crippen LogP contribution < -0.4 is 4.90 Å². The molecule has 0 bridgehead atoms. The fraction of sp³-hybridized carbons (Fsp3) is 0.636. The van der Waals surface area contributed by atoms with Gasteiger partial charge in [0.05, 0.1) is 5.92 Å². The highest BCUT2D eigenvalue weighted by Gasteiger charge is 2.27. The molecule has 2 rings (SSSR count). The molecule has 1 saturated heterocycles. The first-order chi connectivity index (χ1) is 7.72. The number of carbonyl (C=O) groups is 1. The van der Waals surface area contributed by atoms with Crippen LogP contribution in [0.3, 0.4) is 0 Å². The summed E-state index contributed by atoms with van der Waals surface area (Å²) < 4.78 is 2.05. The maximum absolute atomic E-state index is 11.0. The average molecular weight is 223 g/mol. The van der Waals surface area contributed by atoms with Gasteiger partial charge in [-0.1, -0.05) is 0 Å². The lowest BCUT2D eigenvalue weighted by atomic mass is 9.99. The number of hydrogen-bond acceptors (Lipinski definition) is 3. The minimum absolute atomic E-state index is 0.254. The molecular weight excluding hydrogens is 206 g/mol.